The number of ether oxygens (including phenoxy) is 3. The summed E-state index contributed by atoms with van der Waals surface area (Å²) >= 11 is 0. The van der Waals surface area contributed by atoms with Crippen LogP contribution < -0.4 is 0 Å². The van der Waals surface area contributed by atoms with Gasteiger partial charge in [-0.1, -0.05) is 0 Å². The zero-order valence-electron chi connectivity index (χ0n) is 11.2. The van der Waals surface area contributed by atoms with Gasteiger partial charge >= 0.3 is 14.0 Å². The molecule has 0 saturated heterocycles. The Labute approximate surface area is 106 Å². The number of phosphoric acid groups is 1. The Hall–Kier alpha value is -0.660. The van der Waals surface area contributed by atoms with Gasteiger partial charge in [0.05, 0.1) is 0 Å². The quantitative estimate of drug-likeness (QED) is 0.446. The van der Waals surface area contributed by atoms with E-state index in [1.165, 1.54) is 13.8 Å². The molecular weight excluding hydrogens is 267 g/mol. The summed E-state index contributed by atoms with van der Waals surface area (Å²) in [7, 11) is -3.18. The Morgan fingerprint density at radius 2 is 1.67 bits per heavy atom. The monoisotopic (exact) mass is 288 g/mol. The van der Waals surface area contributed by atoms with Crippen LogP contribution in [0.15, 0.2) is 0 Å². The molecule has 2 N–H and O–H groups in total. The van der Waals surface area contributed by atoms with E-state index in [4.69, 9.17) is 14.5 Å². The van der Waals surface area contributed by atoms with Gasteiger partial charge in [-0.15, -0.1) is 0 Å². The van der Waals surface area contributed by atoms with Gasteiger partial charge in [-0.2, -0.15) is 0 Å². The highest BCUT2D eigenvalue weighted by atomic mass is 31.2. The number of methoxy groups -OCH3 is 1. The first-order valence-electron chi connectivity index (χ1n) is 5.19. The van der Waals surface area contributed by atoms with Crippen molar-refractivity contribution < 1.29 is 37.9 Å². The third-order valence-electron chi connectivity index (χ3n) is 1.30. The van der Waals surface area contributed by atoms with Gasteiger partial charge in [0.1, 0.15) is 0 Å². The molecule has 8 nitrogen and oxygen atoms in total. The van der Waals surface area contributed by atoms with Crippen molar-refractivity contribution in [2.24, 2.45) is 0 Å². The molecule has 0 aromatic carbocycles. The van der Waals surface area contributed by atoms with Crippen LogP contribution in [0.2, 0.25) is 0 Å². The number of rotatable bonds is 5. The lowest BCUT2D eigenvalue weighted by Gasteiger charge is -2.23. The summed E-state index contributed by atoms with van der Waals surface area (Å²) in [6, 6.07) is 0. The molecule has 0 rings (SSSR count). The second-order valence-corrected chi connectivity index (χ2v) is 4.51. The summed E-state index contributed by atoms with van der Waals surface area (Å²) in [5, 5.41) is 0. The van der Waals surface area contributed by atoms with E-state index in [-0.39, 0.29) is 6.61 Å². The molecule has 0 saturated carbocycles. The summed E-state index contributed by atoms with van der Waals surface area (Å²) in [6.07, 6.45) is -1.48. The Balaban J connectivity index is 0. The Morgan fingerprint density at radius 3 is 1.94 bits per heavy atom. The predicted octanol–water partition coefficient (Wildman–Crippen LogP) is 1.66. The molecule has 0 fully saturated rings. The number of hydrogen-bond donors (Lipinski definition) is 2. The summed E-state index contributed by atoms with van der Waals surface area (Å²) in [5.74, 6) is -1.28. The van der Waals surface area contributed by atoms with Gasteiger partial charge in [0, 0.05) is 34.2 Å². The average Bonchev–Trinajstić information content (AvgIpc) is 2.13. The fourth-order valence-electron chi connectivity index (χ4n) is 0.693. The van der Waals surface area contributed by atoms with Crippen LogP contribution in [0, 0.1) is 0 Å². The number of carbonyl (C=O) groups excluding carboxylic acids is 1. The predicted molar refractivity (Wildman–Crippen MR) is 62.9 cm³/mol. The fourth-order valence-corrected chi connectivity index (χ4v) is 0.925. The molecule has 0 aliphatic rings. The van der Waals surface area contributed by atoms with Crippen LogP contribution in [0.5, 0.6) is 0 Å². The van der Waals surface area contributed by atoms with E-state index < -0.39 is 19.8 Å². The molecule has 9 heteroatoms. The average molecular weight is 288 g/mol. The summed E-state index contributed by atoms with van der Waals surface area (Å²) in [4.78, 5) is 27.3. The third-order valence-corrected chi connectivity index (χ3v) is 1.69. The van der Waals surface area contributed by atoms with Crippen molar-refractivity contribution in [3.05, 3.63) is 0 Å². The summed E-state index contributed by atoms with van der Waals surface area (Å²) in [5.41, 5.74) is 0. The fraction of sp³-hybridized carbons (Fsp3) is 0.889. The van der Waals surface area contributed by atoms with Crippen LogP contribution in [0.1, 0.15) is 27.7 Å². The largest absolute Gasteiger partial charge is 0.529 e. The van der Waals surface area contributed by atoms with Gasteiger partial charge in [-0.3, -0.25) is 9.79 Å². The van der Waals surface area contributed by atoms with Crippen molar-refractivity contribution in [3.63, 3.8) is 0 Å². The van der Waals surface area contributed by atoms with Gasteiger partial charge in [-0.05, 0) is 13.8 Å². The maximum Gasteiger partial charge on any atom is 0.529 e. The molecule has 110 valence electrons. The molecule has 0 radical (unpaired) electrons. The Bertz CT molecular complexity index is 270. The second-order valence-electron chi connectivity index (χ2n) is 3.34. The number of carbonyl (C=O) groups is 1. The van der Waals surface area contributed by atoms with Crippen molar-refractivity contribution in [1.82, 2.24) is 0 Å². The lowest BCUT2D eigenvalue weighted by molar-refractivity contribution is -0.181. The first-order chi connectivity index (χ1) is 8.08. The van der Waals surface area contributed by atoms with Crippen LogP contribution in [0.3, 0.4) is 0 Å². The van der Waals surface area contributed by atoms with E-state index in [9.17, 15) is 9.36 Å². The van der Waals surface area contributed by atoms with Crippen LogP contribution in [-0.4, -0.2) is 42.1 Å². The van der Waals surface area contributed by atoms with Gasteiger partial charge < -0.3 is 18.7 Å². The van der Waals surface area contributed by atoms with Crippen LogP contribution in [0.25, 0.3) is 0 Å². The number of hydrogen-bond acceptors (Lipinski definition) is 6. The summed E-state index contributed by atoms with van der Waals surface area (Å²) in [6.45, 7) is 7.57. The van der Waals surface area contributed by atoms with E-state index >= 15 is 0 Å². The van der Waals surface area contributed by atoms with E-state index in [0.717, 1.165) is 6.61 Å². The zero-order valence-corrected chi connectivity index (χ0v) is 12.1. The molecular formula is C9H21O8P. The minimum absolute atomic E-state index is 0.288. The van der Waals surface area contributed by atoms with E-state index in [1.54, 1.807) is 14.0 Å². The second kappa shape index (κ2) is 9.29. The van der Waals surface area contributed by atoms with Crippen LogP contribution in [-0.2, 0) is 23.3 Å². The molecule has 0 aromatic heterocycles. The van der Waals surface area contributed by atoms with Crippen molar-refractivity contribution in [2.45, 2.75) is 33.5 Å². The first-order valence-corrected chi connectivity index (χ1v) is 6.72. The Kier molecular flexibility index (Phi) is 10.2. The molecule has 0 aliphatic carbocycles. The van der Waals surface area contributed by atoms with Gasteiger partial charge in [0.2, 0.25) is 5.79 Å². The summed E-state index contributed by atoms with van der Waals surface area (Å²) < 4.78 is 27.8. The standard InChI is InChI=1S/C6H13O7P.C3H8O/c1-4-11-6(2,3)12-5(7)13-14(8,9)10;1-3-4-2/h4H2,1-3H3,(H2,8,9,10);3H2,1-2H3. The lowest BCUT2D eigenvalue weighted by atomic mass is 10.4. The van der Waals surface area contributed by atoms with Crippen molar-refractivity contribution in [3.8, 4) is 0 Å². The van der Waals surface area contributed by atoms with E-state index in [1.807, 2.05) is 6.92 Å². The zero-order chi connectivity index (χ0) is 14.8. The molecule has 0 unspecified atom stereocenters. The highest BCUT2D eigenvalue weighted by Crippen LogP contribution is 2.36. The molecule has 0 bridgehead atoms. The van der Waals surface area contributed by atoms with E-state index in [0.29, 0.717) is 0 Å². The number of phosphoric ester groups is 1. The van der Waals surface area contributed by atoms with Gasteiger partial charge in [-0.25, -0.2) is 9.36 Å². The van der Waals surface area contributed by atoms with Crippen molar-refractivity contribution >= 4 is 14.0 Å². The maximum atomic E-state index is 10.7. The molecule has 0 aliphatic heterocycles. The molecule has 0 spiro atoms. The van der Waals surface area contributed by atoms with Crippen LogP contribution >= 0.6 is 7.82 Å². The molecule has 0 atom stereocenters. The lowest BCUT2D eigenvalue weighted by Crippen LogP contribution is -2.31. The molecule has 0 amide bonds. The molecule has 0 heterocycles. The highest BCUT2D eigenvalue weighted by molar-refractivity contribution is 7.46. The smallest absolute Gasteiger partial charge is 0.402 e. The van der Waals surface area contributed by atoms with Crippen LogP contribution in [0.4, 0.5) is 4.79 Å². The minimum atomic E-state index is -4.86. The topological polar surface area (TPSA) is 112 Å². The first kappa shape index (κ1) is 19.7. The third kappa shape index (κ3) is 15.3. The normalized spacial score (nSPS) is 11.3. The van der Waals surface area contributed by atoms with Crippen molar-refractivity contribution in [2.75, 3.05) is 20.3 Å². The molecule has 18 heavy (non-hydrogen) atoms. The highest BCUT2D eigenvalue weighted by Gasteiger charge is 2.28. The molecule has 0 aromatic rings. The SMILES string of the molecule is CCOC.CCOC(C)(C)OC(=O)OP(=O)(O)O. The minimum Gasteiger partial charge on any atom is -0.402 e. The van der Waals surface area contributed by atoms with Gasteiger partial charge in [0.15, 0.2) is 0 Å². The maximum absolute atomic E-state index is 10.7. The van der Waals surface area contributed by atoms with Crippen molar-refractivity contribution in [1.29, 1.82) is 0 Å². The van der Waals surface area contributed by atoms with Gasteiger partial charge in [0.25, 0.3) is 0 Å². The Morgan fingerprint density at radius 1 is 1.22 bits per heavy atom. The van der Waals surface area contributed by atoms with E-state index in [2.05, 4.69) is 14.0 Å².